The van der Waals surface area contributed by atoms with Crippen LogP contribution in [0.5, 0.6) is 0 Å². The molecule has 0 aliphatic heterocycles. The van der Waals surface area contributed by atoms with Crippen molar-refractivity contribution in [2.75, 3.05) is 0 Å². The number of alkyl halides is 6. The van der Waals surface area contributed by atoms with Crippen LogP contribution in [0.1, 0.15) is 22.3 Å². The van der Waals surface area contributed by atoms with Gasteiger partial charge < -0.3 is 0 Å². The average Bonchev–Trinajstić information content (AvgIpc) is 2.37. The Balaban J connectivity index is 0.000000403. The van der Waals surface area contributed by atoms with Crippen LogP contribution in [-0.4, -0.2) is 0 Å². The van der Waals surface area contributed by atoms with Gasteiger partial charge in [0.25, 0.3) is 0 Å². The summed E-state index contributed by atoms with van der Waals surface area (Å²) in [5.41, 5.74) is -0.757. The number of halogens is 6. The van der Waals surface area contributed by atoms with Crippen molar-refractivity contribution < 1.29 is 48.1 Å². The van der Waals surface area contributed by atoms with E-state index in [2.05, 4.69) is 12.1 Å². The Hall–Kier alpha value is -1.27. The molecule has 0 nitrogen and oxygen atoms in total. The monoisotopic (exact) mass is 366 g/mol. The van der Waals surface area contributed by atoms with Gasteiger partial charge in [-0.3, -0.25) is 0 Å². The fourth-order valence-electron chi connectivity index (χ4n) is 1.63. The molecule has 23 heavy (non-hydrogen) atoms. The van der Waals surface area contributed by atoms with Crippen molar-refractivity contribution in [3.63, 3.8) is 0 Å². The second kappa shape index (κ2) is 8.55. The maximum absolute atomic E-state index is 12.0. The van der Waals surface area contributed by atoms with Crippen molar-refractivity contribution in [1.29, 1.82) is 0 Å². The van der Waals surface area contributed by atoms with Crippen LogP contribution in [0.15, 0.2) is 36.4 Å². The zero-order valence-corrected chi connectivity index (χ0v) is 13.8. The van der Waals surface area contributed by atoms with E-state index < -0.39 is 23.5 Å². The largest absolute Gasteiger partial charge is 2.00 e. The summed E-state index contributed by atoms with van der Waals surface area (Å²) < 4.78 is 72.2. The molecular formula is C16H12F6Ti. The van der Waals surface area contributed by atoms with Gasteiger partial charge in [0.15, 0.2) is 0 Å². The van der Waals surface area contributed by atoms with E-state index in [0.29, 0.717) is 0 Å². The predicted molar refractivity (Wildman–Crippen MR) is 70.0 cm³/mol. The molecule has 2 aromatic rings. The minimum Gasteiger partial charge on any atom is -0.183 e. The average molecular weight is 366 g/mol. The topological polar surface area (TPSA) is 0 Å². The van der Waals surface area contributed by atoms with Crippen LogP contribution in [0.4, 0.5) is 26.3 Å². The van der Waals surface area contributed by atoms with Gasteiger partial charge in [0.05, 0.1) is 0 Å². The summed E-state index contributed by atoms with van der Waals surface area (Å²) in [6, 6.07) is 12.4. The molecular weight excluding hydrogens is 354 g/mol. The number of rotatable bonds is 0. The predicted octanol–water partition coefficient (Wildman–Crippen LogP) is 5.63. The Bertz CT molecular complexity index is 561. The van der Waals surface area contributed by atoms with Crippen LogP contribution >= 0.6 is 0 Å². The first-order chi connectivity index (χ1) is 10.0. The van der Waals surface area contributed by atoms with Gasteiger partial charge in [0, 0.05) is 0 Å². The van der Waals surface area contributed by atoms with Gasteiger partial charge in [0.1, 0.15) is 0 Å². The van der Waals surface area contributed by atoms with Gasteiger partial charge in [-0.05, 0) is 0 Å². The minimum absolute atomic E-state index is 0. The Kier molecular flexibility index (Phi) is 8.08. The van der Waals surface area contributed by atoms with E-state index in [4.69, 9.17) is 0 Å². The van der Waals surface area contributed by atoms with Gasteiger partial charge >= 0.3 is 34.1 Å². The SMILES string of the molecule is Cc1cc[c-]cc1C(F)(F)F.Cc1cc[c-]cc1C(F)(F)F.[Ti+2]. The van der Waals surface area contributed by atoms with Crippen molar-refractivity contribution in [3.8, 4) is 0 Å². The third-order valence-corrected chi connectivity index (χ3v) is 2.77. The van der Waals surface area contributed by atoms with Crippen LogP contribution in [0.3, 0.4) is 0 Å². The molecule has 0 atom stereocenters. The number of benzene rings is 2. The van der Waals surface area contributed by atoms with Crippen LogP contribution in [-0.2, 0) is 34.1 Å². The molecule has 2 aromatic carbocycles. The second-order valence-electron chi connectivity index (χ2n) is 4.48. The van der Waals surface area contributed by atoms with Crippen LogP contribution in [0.2, 0.25) is 0 Å². The summed E-state index contributed by atoms with van der Waals surface area (Å²) in [6.45, 7) is 2.85. The standard InChI is InChI=1S/2C8H6F3.Ti/c2*1-6-4-2-3-5-7(6)8(9,10)11;/h2*2,4-5H,1H3;/q2*-1;+2. The Morgan fingerprint density at radius 1 is 0.696 bits per heavy atom. The number of aryl methyl sites for hydroxylation is 2. The Labute approximate surface area is 145 Å². The minimum atomic E-state index is -4.25. The molecule has 0 spiro atoms. The zero-order chi connectivity index (χ0) is 17.0. The van der Waals surface area contributed by atoms with E-state index in [-0.39, 0.29) is 32.8 Å². The summed E-state index contributed by atoms with van der Waals surface area (Å²) in [6.07, 6.45) is -8.50. The van der Waals surface area contributed by atoms with E-state index >= 15 is 0 Å². The van der Waals surface area contributed by atoms with E-state index in [0.717, 1.165) is 12.1 Å². The third-order valence-electron chi connectivity index (χ3n) is 2.77. The van der Waals surface area contributed by atoms with Gasteiger partial charge in [-0.1, -0.05) is 25.0 Å². The van der Waals surface area contributed by atoms with Crippen molar-refractivity contribution in [2.45, 2.75) is 26.2 Å². The zero-order valence-electron chi connectivity index (χ0n) is 12.2. The molecule has 0 aliphatic rings. The van der Waals surface area contributed by atoms with Gasteiger partial charge in [0.2, 0.25) is 0 Å². The van der Waals surface area contributed by atoms with Gasteiger partial charge in [-0.2, -0.15) is 74.9 Å². The Morgan fingerprint density at radius 3 is 1.17 bits per heavy atom. The molecule has 0 radical (unpaired) electrons. The molecule has 0 heterocycles. The molecule has 0 amide bonds. The van der Waals surface area contributed by atoms with Gasteiger partial charge in [-0.25, -0.2) is 0 Å². The number of hydrogen-bond acceptors (Lipinski definition) is 0. The fraction of sp³-hybridized carbons (Fsp3) is 0.250. The van der Waals surface area contributed by atoms with E-state index in [1.54, 1.807) is 0 Å². The summed E-state index contributed by atoms with van der Waals surface area (Å²) >= 11 is 0. The first-order valence-corrected chi connectivity index (χ1v) is 6.11. The maximum atomic E-state index is 12.0. The molecule has 2 rings (SSSR count). The molecule has 0 unspecified atom stereocenters. The van der Waals surface area contributed by atoms with Crippen molar-refractivity contribution in [1.82, 2.24) is 0 Å². The summed E-state index contributed by atoms with van der Waals surface area (Å²) in [4.78, 5) is 0. The normalized spacial score (nSPS) is 11.1. The van der Waals surface area contributed by atoms with E-state index in [1.807, 2.05) is 0 Å². The van der Waals surface area contributed by atoms with E-state index in [9.17, 15) is 26.3 Å². The second-order valence-corrected chi connectivity index (χ2v) is 4.48. The molecule has 0 bridgehead atoms. The molecule has 0 saturated heterocycles. The van der Waals surface area contributed by atoms with Crippen molar-refractivity contribution in [2.24, 2.45) is 0 Å². The maximum Gasteiger partial charge on any atom is 2.00 e. The third kappa shape index (κ3) is 6.79. The van der Waals surface area contributed by atoms with Crippen LogP contribution in [0, 0.1) is 26.0 Å². The number of hydrogen-bond donors (Lipinski definition) is 0. The molecule has 0 aliphatic carbocycles. The quantitative estimate of drug-likeness (QED) is 0.322. The molecule has 122 valence electrons. The van der Waals surface area contributed by atoms with Crippen molar-refractivity contribution in [3.05, 3.63) is 70.8 Å². The first kappa shape index (κ1) is 21.7. The summed E-state index contributed by atoms with van der Waals surface area (Å²) in [5, 5.41) is 0. The first-order valence-electron chi connectivity index (χ1n) is 6.11. The van der Waals surface area contributed by atoms with Crippen LogP contribution in [0.25, 0.3) is 0 Å². The summed E-state index contributed by atoms with van der Waals surface area (Å²) in [7, 11) is 0. The summed E-state index contributed by atoms with van der Waals surface area (Å²) in [5.74, 6) is 0. The molecule has 7 heteroatoms. The molecule has 0 fully saturated rings. The van der Waals surface area contributed by atoms with Crippen molar-refractivity contribution >= 4 is 0 Å². The van der Waals surface area contributed by atoms with Gasteiger partial charge in [-0.15, -0.1) is 11.1 Å². The van der Waals surface area contributed by atoms with E-state index in [1.165, 1.54) is 38.1 Å². The smallest absolute Gasteiger partial charge is 0.183 e. The Morgan fingerprint density at radius 2 is 1.00 bits per heavy atom. The van der Waals surface area contributed by atoms with Crippen LogP contribution < -0.4 is 0 Å². The molecule has 0 N–H and O–H groups in total. The molecule has 0 saturated carbocycles. The molecule has 0 aromatic heterocycles. The fourth-order valence-corrected chi connectivity index (χ4v) is 1.63.